The summed E-state index contributed by atoms with van der Waals surface area (Å²) in [5, 5.41) is 0. The Hall–Kier alpha value is -6.14. The maximum atomic E-state index is 14.7. The number of aryl methyl sites for hydroxylation is 2. The van der Waals surface area contributed by atoms with Crippen LogP contribution in [0.15, 0.2) is 133 Å². The second-order valence-corrected chi connectivity index (χ2v) is 16.1. The van der Waals surface area contributed by atoms with Gasteiger partial charge in [0.25, 0.3) is 0 Å². The summed E-state index contributed by atoms with van der Waals surface area (Å²) >= 11 is 0. The third-order valence-electron chi connectivity index (χ3n) is 11.8. The molecule has 0 saturated carbocycles. The lowest BCUT2D eigenvalue weighted by molar-refractivity contribution is 0.626. The molecule has 56 heavy (non-hydrogen) atoms. The Bertz CT molecular complexity index is 2520. The molecule has 0 radical (unpaired) electrons. The van der Waals surface area contributed by atoms with E-state index in [0.717, 1.165) is 33.9 Å². The van der Waals surface area contributed by atoms with Gasteiger partial charge in [0.15, 0.2) is 0 Å². The molecule has 0 atom stereocenters. The van der Waals surface area contributed by atoms with E-state index in [4.69, 9.17) is 0 Å². The van der Waals surface area contributed by atoms with E-state index in [-0.39, 0.29) is 34.1 Å². The summed E-state index contributed by atoms with van der Waals surface area (Å²) < 4.78 is 57.5. The van der Waals surface area contributed by atoms with Crippen molar-refractivity contribution in [3.05, 3.63) is 190 Å². The normalized spacial score (nSPS) is 14.2. The largest absolute Gasteiger partial charge is 0.310 e. The molecule has 0 unspecified atom stereocenters. The fraction of sp³-hybridized carbons (Fsp3) is 0.160. The quantitative estimate of drug-likeness (QED) is 0.156. The van der Waals surface area contributed by atoms with Crippen LogP contribution in [0.5, 0.6) is 0 Å². The number of rotatable bonds is 6. The Balaban J connectivity index is 1.18. The predicted molar refractivity (Wildman–Crippen MR) is 220 cm³/mol. The zero-order chi connectivity index (χ0) is 39.3. The maximum absolute atomic E-state index is 14.7. The molecule has 0 spiro atoms. The average molecular weight is 745 g/mol. The summed E-state index contributed by atoms with van der Waals surface area (Å²) in [5.74, 6) is -1.37. The first-order valence-electron chi connectivity index (χ1n) is 18.8. The van der Waals surface area contributed by atoms with Gasteiger partial charge in [0, 0.05) is 45.0 Å². The smallest absolute Gasteiger partial charge is 0.125 e. The fourth-order valence-electron chi connectivity index (χ4n) is 9.14. The second-order valence-electron chi connectivity index (χ2n) is 16.1. The molecule has 2 aliphatic rings. The van der Waals surface area contributed by atoms with Gasteiger partial charge in [-0.15, -0.1) is 0 Å². The Labute approximate surface area is 325 Å². The van der Waals surface area contributed by atoms with Crippen LogP contribution in [-0.2, 0) is 10.8 Å². The highest BCUT2D eigenvalue weighted by atomic mass is 19.1. The average Bonchev–Trinajstić information content (AvgIpc) is 3.52. The predicted octanol–water partition coefficient (Wildman–Crippen LogP) is 14.4. The molecule has 278 valence electrons. The minimum absolute atomic E-state index is 0.338. The minimum Gasteiger partial charge on any atom is -0.310 e. The highest BCUT2D eigenvalue weighted by molar-refractivity contribution is 5.94. The molecular formula is C50H40F4N2. The Morgan fingerprint density at radius 3 is 1.09 bits per heavy atom. The van der Waals surface area contributed by atoms with Crippen LogP contribution < -0.4 is 9.80 Å². The summed E-state index contributed by atoms with van der Waals surface area (Å²) in [6, 6.07) is 39.0. The van der Waals surface area contributed by atoms with Crippen LogP contribution in [0.1, 0.15) is 61.1 Å². The summed E-state index contributed by atoms with van der Waals surface area (Å²) in [6.45, 7) is 13.3. The van der Waals surface area contributed by atoms with Crippen molar-refractivity contribution in [2.75, 3.05) is 9.80 Å². The van der Waals surface area contributed by atoms with Crippen LogP contribution in [0.3, 0.4) is 0 Å². The summed E-state index contributed by atoms with van der Waals surface area (Å²) in [6.07, 6.45) is 0. The van der Waals surface area contributed by atoms with E-state index in [1.54, 1.807) is 36.4 Å². The first kappa shape index (κ1) is 35.6. The van der Waals surface area contributed by atoms with Gasteiger partial charge in [-0.2, -0.15) is 0 Å². The molecular weight excluding hydrogens is 705 g/mol. The third kappa shape index (κ3) is 5.53. The van der Waals surface area contributed by atoms with Crippen LogP contribution in [0.2, 0.25) is 0 Å². The van der Waals surface area contributed by atoms with Gasteiger partial charge in [0.2, 0.25) is 0 Å². The summed E-state index contributed by atoms with van der Waals surface area (Å²) in [7, 11) is 0. The van der Waals surface area contributed by atoms with Gasteiger partial charge in [-0.3, -0.25) is 0 Å². The Kier molecular flexibility index (Phi) is 8.07. The molecule has 7 aromatic carbocycles. The van der Waals surface area contributed by atoms with Crippen molar-refractivity contribution in [3.63, 3.8) is 0 Å². The number of fused-ring (bicyclic) bond motifs is 6. The van der Waals surface area contributed by atoms with Crippen molar-refractivity contribution in [2.45, 2.75) is 52.4 Å². The summed E-state index contributed by atoms with van der Waals surface area (Å²) in [4.78, 5) is 3.96. The molecule has 0 aliphatic heterocycles. The fourth-order valence-corrected chi connectivity index (χ4v) is 9.14. The van der Waals surface area contributed by atoms with Gasteiger partial charge in [0.1, 0.15) is 23.3 Å². The van der Waals surface area contributed by atoms with E-state index in [0.29, 0.717) is 11.4 Å². The topological polar surface area (TPSA) is 6.48 Å². The molecule has 0 bridgehead atoms. The molecule has 2 nitrogen and oxygen atoms in total. The van der Waals surface area contributed by atoms with Crippen LogP contribution in [0, 0.1) is 37.1 Å². The van der Waals surface area contributed by atoms with Crippen molar-refractivity contribution in [1.29, 1.82) is 0 Å². The van der Waals surface area contributed by atoms with E-state index >= 15 is 0 Å². The minimum atomic E-state index is -0.381. The molecule has 0 saturated heterocycles. The van der Waals surface area contributed by atoms with E-state index in [2.05, 4.69) is 77.9 Å². The molecule has 7 aromatic rings. The third-order valence-corrected chi connectivity index (χ3v) is 11.8. The zero-order valence-electron chi connectivity index (χ0n) is 32.1. The SMILES string of the molecule is Cc1cc(N(c2ccc(F)cc2)c2cccc(F)c2)cc2c1-c1cc3c(cc1C2(C)C)-c1c(C)cc(N(c2ccc(F)cc2)c2cccc(F)c2)cc1C3(C)C. The molecule has 6 heteroatoms. The highest BCUT2D eigenvalue weighted by Gasteiger charge is 2.43. The molecule has 2 aliphatic carbocycles. The molecule has 0 aromatic heterocycles. The van der Waals surface area contributed by atoms with Crippen molar-refractivity contribution >= 4 is 34.1 Å². The molecule has 9 rings (SSSR count). The van der Waals surface area contributed by atoms with E-state index < -0.39 is 0 Å². The molecule has 0 N–H and O–H groups in total. The lowest BCUT2D eigenvalue weighted by Crippen LogP contribution is -2.18. The van der Waals surface area contributed by atoms with Gasteiger partial charge in [-0.25, -0.2) is 17.6 Å². The van der Waals surface area contributed by atoms with Crippen LogP contribution in [0.25, 0.3) is 22.3 Å². The number of hydrogen-bond acceptors (Lipinski definition) is 2. The Morgan fingerprint density at radius 2 is 0.732 bits per heavy atom. The molecule has 0 fully saturated rings. The van der Waals surface area contributed by atoms with E-state index in [1.165, 1.54) is 93.0 Å². The number of benzene rings is 7. The van der Waals surface area contributed by atoms with Crippen molar-refractivity contribution < 1.29 is 17.6 Å². The molecule has 0 amide bonds. The van der Waals surface area contributed by atoms with Crippen LogP contribution in [0.4, 0.5) is 51.7 Å². The highest BCUT2D eigenvalue weighted by Crippen LogP contribution is 2.59. The first-order valence-corrected chi connectivity index (χ1v) is 18.8. The van der Waals surface area contributed by atoms with Crippen molar-refractivity contribution in [1.82, 2.24) is 0 Å². The second kappa shape index (κ2) is 12.7. The van der Waals surface area contributed by atoms with Crippen molar-refractivity contribution in [2.24, 2.45) is 0 Å². The summed E-state index contributed by atoms with van der Waals surface area (Å²) in [5.41, 5.74) is 15.5. The number of halogens is 4. The van der Waals surface area contributed by atoms with Crippen LogP contribution >= 0.6 is 0 Å². The lowest BCUT2D eigenvalue weighted by atomic mass is 9.79. The molecule has 0 heterocycles. The van der Waals surface area contributed by atoms with Crippen molar-refractivity contribution in [3.8, 4) is 22.3 Å². The maximum Gasteiger partial charge on any atom is 0.125 e. The van der Waals surface area contributed by atoms with Gasteiger partial charge < -0.3 is 9.80 Å². The Morgan fingerprint density at radius 1 is 0.357 bits per heavy atom. The number of hydrogen-bond donors (Lipinski definition) is 0. The lowest BCUT2D eigenvalue weighted by Gasteiger charge is -2.29. The first-order chi connectivity index (χ1) is 26.7. The van der Waals surface area contributed by atoms with Gasteiger partial charge in [-0.05, 0) is 191 Å². The van der Waals surface area contributed by atoms with Gasteiger partial charge >= 0.3 is 0 Å². The monoisotopic (exact) mass is 744 g/mol. The van der Waals surface area contributed by atoms with Gasteiger partial charge in [-0.1, -0.05) is 39.8 Å². The van der Waals surface area contributed by atoms with E-state index in [9.17, 15) is 17.6 Å². The number of anilines is 6. The van der Waals surface area contributed by atoms with Crippen LogP contribution in [-0.4, -0.2) is 0 Å². The standard InChI is InChI=1S/C50H40F4N2/c1-29-21-39(55(35-17-13-31(51)14-18-35)37-11-7-9-33(53)23-37)25-45-47(29)41-27-44-42(28-43(41)49(45,3)4)48-30(2)22-40(26-46(48)50(44,5)6)56(36-19-15-32(52)16-20-36)38-12-8-10-34(54)24-38/h7-28H,1-6H3. The van der Waals surface area contributed by atoms with E-state index in [1.807, 2.05) is 21.9 Å². The zero-order valence-corrected chi connectivity index (χ0v) is 32.1. The number of nitrogens with zero attached hydrogens (tertiary/aromatic N) is 2. The van der Waals surface area contributed by atoms with Gasteiger partial charge in [0.05, 0.1) is 0 Å².